The van der Waals surface area contributed by atoms with Crippen LogP contribution in [-0.2, 0) is 5.54 Å². The minimum atomic E-state index is -0.474. The molecular formula is C22H27FN8O2. The molecule has 0 amide bonds. The molecule has 1 saturated heterocycles. The molecule has 3 N–H and O–H groups in total. The fraction of sp³-hybridized carbons (Fsp3) is 0.455. The molecule has 0 aliphatic carbocycles. The molecule has 5 rings (SSSR count). The van der Waals surface area contributed by atoms with Crippen LogP contribution >= 0.6 is 0 Å². The van der Waals surface area contributed by atoms with Crippen LogP contribution < -0.4 is 15.4 Å². The van der Waals surface area contributed by atoms with Crippen LogP contribution in [0.5, 0.6) is 5.75 Å². The van der Waals surface area contributed by atoms with Crippen LogP contribution in [0.1, 0.15) is 38.4 Å². The van der Waals surface area contributed by atoms with Crippen molar-refractivity contribution in [3.63, 3.8) is 0 Å². The Hall–Kier alpha value is -3.47. The van der Waals surface area contributed by atoms with E-state index in [1.165, 1.54) is 23.8 Å². The number of nitrogens with zero attached hydrogens (tertiary/aromatic N) is 7. The molecule has 1 aliphatic heterocycles. The number of nitrogen functional groups attached to an aromatic ring is 1. The van der Waals surface area contributed by atoms with E-state index in [4.69, 9.17) is 15.5 Å². The lowest BCUT2D eigenvalue weighted by molar-refractivity contribution is 0.152. The first-order chi connectivity index (χ1) is 15.8. The summed E-state index contributed by atoms with van der Waals surface area (Å²) < 4.78 is 22.7. The Morgan fingerprint density at radius 3 is 2.88 bits per heavy atom. The standard InChI is InChI=1S/C22H27FN8O2/c1-22(2,12-32)30-11-15(9-25-30)29-6-4-5-13(10-29)19-27-20-16-7-14(23)8-17(33-3)18(16)26-21(24)31(20)28-19/h7-9,11,13,32H,4-6,10,12H2,1-3H3,(H2,24,26). The maximum Gasteiger partial charge on any atom is 0.223 e. The Morgan fingerprint density at radius 2 is 2.12 bits per heavy atom. The van der Waals surface area contributed by atoms with E-state index < -0.39 is 11.4 Å². The molecule has 1 unspecified atom stereocenters. The van der Waals surface area contributed by atoms with Crippen molar-refractivity contribution >= 4 is 28.2 Å². The zero-order valence-electron chi connectivity index (χ0n) is 18.9. The van der Waals surface area contributed by atoms with Crippen molar-refractivity contribution in [1.29, 1.82) is 0 Å². The average Bonchev–Trinajstić information content (AvgIpc) is 3.48. The number of benzene rings is 1. The molecular weight excluding hydrogens is 427 g/mol. The van der Waals surface area contributed by atoms with Gasteiger partial charge in [0.15, 0.2) is 11.5 Å². The summed E-state index contributed by atoms with van der Waals surface area (Å²) in [5.41, 5.74) is 7.58. The number of aliphatic hydroxyl groups is 1. The van der Waals surface area contributed by atoms with Gasteiger partial charge in [-0.25, -0.2) is 14.4 Å². The van der Waals surface area contributed by atoms with Crippen LogP contribution in [0.2, 0.25) is 0 Å². The Morgan fingerprint density at radius 1 is 1.30 bits per heavy atom. The number of ether oxygens (including phenoxy) is 1. The quantitative estimate of drug-likeness (QED) is 0.472. The number of anilines is 2. The van der Waals surface area contributed by atoms with Gasteiger partial charge in [0.05, 0.1) is 36.5 Å². The topological polar surface area (TPSA) is 120 Å². The van der Waals surface area contributed by atoms with E-state index in [1.54, 1.807) is 4.68 Å². The summed E-state index contributed by atoms with van der Waals surface area (Å²) in [5.74, 6) is 0.741. The number of piperidine rings is 1. The summed E-state index contributed by atoms with van der Waals surface area (Å²) in [6.45, 7) is 5.47. The fourth-order valence-corrected chi connectivity index (χ4v) is 4.32. The van der Waals surface area contributed by atoms with Crippen molar-refractivity contribution in [3.05, 3.63) is 36.2 Å². The number of aromatic nitrogens is 6. The summed E-state index contributed by atoms with van der Waals surface area (Å²) in [6.07, 6.45) is 5.67. The van der Waals surface area contributed by atoms with Crippen LogP contribution in [0.25, 0.3) is 16.6 Å². The van der Waals surface area contributed by atoms with Gasteiger partial charge in [0, 0.05) is 31.3 Å². The van der Waals surface area contributed by atoms with Crippen LogP contribution in [0.15, 0.2) is 24.5 Å². The molecule has 0 saturated carbocycles. The molecule has 0 radical (unpaired) electrons. The van der Waals surface area contributed by atoms with Crippen LogP contribution in [0, 0.1) is 5.82 Å². The molecule has 1 fully saturated rings. The summed E-state index contributed by atoms with van der Waals surface area (Å²) >= 11 is 0. The van der Waals surface area contributed by atoms with Gasteiger partial charge < -0.3 is 20.5 Å². The molecule has 0 bridgehead atoms. The Labute approximate surface area is 189 Å². The number of hydrogen-bond acceptors (Lipinski definition) is 8. The van der Waals surface area contributed by atoms with Gasteiger partial charge >= 0.3 is 0 Å². The molecule has 174 valence electrons. The lowest BCUT2D eigenvalue weighted by atomic mass is 9.97. The van der Waals surface area contributed by atoms with Crippen molar-refractivity contribution in [2.45, 2.75) is 38.1 Å². The highest BCUT2D eigenvalue weighted by Crippen LogP contribution is 2.32. The molecule has 11 heteroatoms. The molecule has 1 aromatic carbocycles. The third kappa shape index (κ3) is 3.62. The number of rotatable bonds is 5. The number of hydrogen-bond donors (Lipinski definition) is 2. The minimum absolute atomic E-state index is 0.00327. The number of aliphatic hydroxyl groups excluding tert-OH is 1. The summed E-state index contributed by atoms with van der Waals surface area (Å²) in [6, 6.07) is 2.66. The number of nitrogens with two attached hydrogens (primary N) is 1. The van der Waals surface area contributed by atoms with E-state index in [-0.39, 0.29) is 18.5 Å². The van der Waals surface area contributed by atoms with E-state index in [0.717, 1.165) is 25.1 Å². The Bertz CT molecular complexity index is 1330. The van der Waals surface area contributed by atoms with Crippen LogP contribution in [-0.4, -0.2) is 61.3 Å². The van der Waals surface area contributed by atoms with Crippen molar-refractivity contribution in [1.82, 2.24) is 29.4 Å². The Kier molecular flexibility index (Phi) is 5.08. The van der Waals surface area contributed by atoms with Gasteiger partial charge in [0.2, 0.25) is 5.95 Å². The minimum Gasteiger partial charge on any atom is -0.494 e. The van der Waals surface area contributed by atoms with Crippen LogP contribution in [0.3, 0.4) is 0 Å². The second-order valence-electron chi connectivity index (χ2n) is 9.08. The molecule has 1 atom stereocenters. The largest absolute Gasteiger partial charge is 0.494 e. The summed E-state index contributed by atoms with van der Waals surface area (Å²) in [5, 5.41) is 19.2. The second kappa shape index (κ2) is 7.84. The van der Waals surface area contributed by atoms with Gasteiger partial charge in [-0.2, -0.15) is 9.61 Å². The average molecular weight is 455 g/mol. The maximum atomic E-state index is 14.2. The molecule has 4 aromatic rings. The number of methoxy groups -OCH3 is 1. The number of halogens is 1. The smallest absolute Gasteiger partial charge is 0.223 e. The van der Waals surface area contributed by atoms with Gasteiger partial charge in [-0.1, -0.05) is 0 Å². The van der Waals surface area contributed by atoms with E-state index in [1.807, 2.05) is 26.2 Å². The summed E-state index contributed by atoms with van der Waals surface area (Å²) in [7, 11) is 1.46. The predicted octanol–water partition coefficient (Wildman–Crippen LogP) is 2.32. The highest BCUT2D eigenvalue weighted by atomic mass is 19.1. The van der Waals surface area contributed by atoms with Crippen molar-refractivity contribution in [2.24, 2.45) is 0 Å². The van der Waals surface area contributed by atoms with E-state index in [0.29, 0.717) is 34.7 Å². The molecule has 1 aliphatic rings. The molecule has 10 nitrogen and oxygen atoms in total. The van der Waals surface area contributed by atoms with Gasteiger partial charge in [-0.05, 0) is 32.8 Å². The van der Waals surface area contributed by atoms with E-state index >= 15 is 0 Å². The van der Waals surface area contributed by atoms with Gasteiger partial charge in [-0.15, -0.1) is 5.10 Å². The van der Waals surface area contributed by atoms with Crippen molar-refractivity contribution < 1.29 is 14.2 Å². The van der Waals surface area contributed by atoms with Crippen LogP contribution in [0.4, 0.5) is 16.0 Å². The Balaban J connectivity index is 1.50. The monoisotopic (exact) mass is 454 g/mol. The normalized spacial score (nSPS) is 17.2. The van der Waals surface area contributed by atoms with Gasteiger partial charge in [0.25, 0.3) is 0 Å². The molecule has 3 aromatic heterocycles. The highest BCUT2D eigenvalue weighted by Gasteiger charge is 2.28. The maximum absolute atomic E-state index is 14.2. The highest BCUT2D eigenvalue weighted by molar-refractivity contribution is 5.95. The lowest BCUT2D eigenvalue weighted by Crippen LogP contribution is -2.35. The van der Waals surface area contributed by atoms with Gasteiger partial charge in [0.1, 0.15) is 17.1 Å². The predicted molar refractivity (Wildman–Crippen MR) is 122 cm³/mol. The zero-order chi connectivity index (χ0) is 23.3. The van der Waals surface area contributed by atoms with Crippen molar-refractivity contribution in [3.8, 4) is 5.75 Å². The van der Waals surface area contributed by atoms with E-state index in [9.17, 15) is 9.50 Å². The first kappa shape index (κ1) is 21.4. The fourth-order valence-electron chi connectivity index (χ4n) is 4.32. The molecule has 0 spiro atoms. The second-order valence-corrected chi connectivity index (χ2v) is 9.08. The molecule has 4 heterocycles. The zero-order valence-corrected chi connectivity index (χ0v) is 18.9. The van der Waals surface area contributed by atoms with E-state index in [2.05, 4.69) is 20.1 Å². The third-order valence-electron chi connectivity index (χ3n) is 6.30. The number of fused-ring (bicyclic) bond motifs is 3. The first-order valence-corrected chi connectivity index (χ1v) is 10.9. The summed E-state index contributed by atoms with van der Waals surface area (Å²) in [4.78, 5) is 11.4. The lowest BCUT2D eigenvalue weighted by Gasteiger charge is -2.32. The molecule has 33 heavy (non-hydrogen) atoms. The first-order valence-electron chi connectivity index (χ1n) is 10.9. The van der Waals surface area contributed by atoms with Gasteiger partial charge in [-0.3, -0.25) is 4.68 Å². The third-order valence-corrected chi connectivity index (χ3v) is 6.30. The van der Waals surface area contributed by atoms with Crippen molar-refractivity contribution in [2.75, 3.05) is 37.4 Å². The SMILES string of the molecule is COc1cc(F)cc2c1nc(N)n1nc(C3CCCN(c4cnn(C(C)(C)CO)c4)C3)nc21.